The molecule has 9 nitrogen and oxygen atoms in total. The van der Waals surface area contributed by atoms with Gasteiger partial charge in [0, 0.05) is 13.1 Å². The van der Waals surface area contributed by atoms with E-state index in [1.165, 1.54) is 4.90 Å². The van der Waals surface area contributed by atoms with E-state index in [1.807, 2.05) is 30.3 Å². The molecule has 5 unspecified atom stereocenters. The van der Waals surface area contributed by atoms with Crippen LogP contribution >= 0.6 is 0 Å². The molecule has 2 aliphatic rings. The number of rotatable bonds is 6. The highest BCUT2D eigenvalue weighted by atomic mass is 16.6. The number of hydrogen-bond acceptors (Lipinski definition) is 8. The highest BCUT2D eigenvalue weighted by molar-refractivity contribution is 5.92. The third-order valence-corrected chi connectivity index (χ3v) is 4.68. The Morgan fingerprint density at radius 2 is 2.00 bits per heavy atom. The summed E-state index contributed by atoms with van der Waals surface area (Å²) in [5.41, 5.74) is 12.5. The highest BCUT2D eigenvalue weighted by Crippen LogP contribution is 2.29. The molecular weight excluding hydrogens is 338 g/mol. The Balaban J connectivity index is 1.63. The molecule has 1 amide bonds. The number of hydrogen-bond donors (Lipinski definition) is 6. The van der Waals surface area contributed by atoms with E-state index in [-0.39, 0.29) is 11.5 Å². The molecule has 142 valence electrons. The topological polar surface area (TPSA) is 146 Å². The number of ether oxygens (including phenoxy) is 1. The lowest BCUT2D eigenvalue weighted by Gasteiger charge is -2.32. The molecule has 26 heavy (non-hydrogen) atoms. The fourth-order valence-corrected chi connectivity index (χ4v) is 3.33. The molecule has 0 radical (unpaired) electrons. The molecule has 1 fully saturated rings. The van der Waals surface area contributed by atoms with E-state index in [1.54, 1.807) is 6.92 Å². The van der Waals surface area contributed by atoms with Gasteiger partial charge < -0.3 is 42.0 Å². The van der Waals surface area contributed by atoms with Crippen molar-refractivity contribution < 1.29 is 19.7 Å². The van der Waals surface area contributed by atoms with Crippen LogP contribution in [0, 0.1) is 0 Å². The molecule has 1 aromatic rings. The zero-order valence-corrected chi connectivity index (χ0v) is 14.5. The van der Waals surface area contributed by atoms with Crippen molar-refractivity contribution in [1.29, 1.82) is 0 Å². The summed E-state index contributed by atoms with van der Waals surface area (Å²) in [5, 5.41) is 26.8. The molecule has 3 rings (SSSR count). The van der Waals surface area contributed by atoms with Crippen LogP contribution in [0.1, 0.15) is 12.5 Å². The van der Waals surface area contributed by atoms with Crippen LogP contribution in [0.4, 0.5) is 0 Å². The maximum Gasteiger partial charge on any atom is 0.268 e. The van der Waals surface area contributed by atoms with Gasteiger partial charge in [-0.15, -0.1) is 0 Å². The Labute approximate surface area is 151 Å². The number of nitrogens with one attached hydrogen (secondary N) is 2. The fourth-order valence-electron chi connectivity index (χ4n) is 3.33. The maximum absolute atomic E-state index is 11.4. The second-order valence-corrected chi connectivity index (χ2v) is 6.51. The minimum absolute atomic E-state index is 0.0773. The second-order valence-electron chi connectivity index (χ2n) is 6.51. The molecule has 0 aliphatic carbocycles. The lowest BCUT2D eigenvalue weighted by Crippen LogP contribution is -2.49. The number of amides is 1. The number of aliphatic hydroxyl groups excluding tert-OH is 2. The van der Waals surface area contributed by atoms with Gasteiger partial charge in [-0.3, -0.25) is 4.79 Å². The molecule has 8 N–H and O–H groups in total. The third-order valence-electron chi connectivity index (χ3n) is 4.68. The summed E-state index contributed by atoms with van der Waals surface area (Å²) in [7, 11) is 0. The summed E-state index contributed by atoms with van der Waals surface area (Å²) >= 11 is 0. The fraction of sp³-hybridized carbons (Fsp3) is 0.471. The second kappa shape index (κ2) is 7.50. The molecule has 0 saturated carbocycles. The van der Waals surface area contributed by atoms with Crippen LogP contribution in [0.25, 0.3) is 0 Å². The van der Waals surface area contributed by atoms with E-state index in [0.717, 1.165) is 5.56 Å². The molecule has 2 aliphatic heterocycles. The standard InChI is InChI=1S/C17H25N5O4/c1-9-21-12(16(19)25)15(18)22(9)17-14(24)13(23)11(26-17)8-20-7-10-5-3-2-4-6-10/h2-6,9,11,13-14,17,20-21,23-24H,7-8,18H2,1H3,(H2,19,25). The van der Waals surface area contributed by atoms with Gasteiger partial charge in [0.25, 0.3) is 5.91 Å². The first kappa shape index (κ1) is 18.5. The first-order valence-electron chi connectivity index (χ1n) is 8.50. The summed E-state index contributed by atoms with van der Waals surface area (Å²) in [6.45, 7) is 2.72. The molecule has 1 aromatic carbocycles. The van der Waals surface area contributed by atoms with Crippen molar-refractivity contribution in [3.05, 3.63) is 47.4 Å². The van der Waals surface area contributed by atoms with Crippen molar-refractivity contribution in [2.75, 3.05) is 6.54 Å². The van der Waals surface area contributed by atoms with Gasteiger partial charge in [0.1, 0.15) is 36.0 Å². The number of carbonyl (C=O) groups excluding carboxylic acids is 1. The first-order chi connectivity index (χ1) is 12.4. The van der Waals surface area contributed by atoms with Crippen LogP contribution in [0.3, 0.4) is 0 Å². The van der Waals surface area contributed by atoms with Gasteiger partial charge in [-0.05, 0) is 12.5 Å². The van der Waals surface area contributed by atoms with Crippen molar-refractivity contribution in [3.63, 3.8) is 0 Å². The molecule has 2 heterocycles. The van der Waals surface area contributed by atoms with E-state index in [4.69, 9.17) is 16.2 Å². The predicted molar refractivity (Wildman–Crippen MR) is 93.7 cm³/mol. The van der Waals surface area contributed by atoms with Gasteiger partial charge >= 0.3 is 0 Å². The summed E-state index contributed by atoms with van der Waals surface area (Å²) in [5.74, 6) is -0.592. The van der Waals surface area contributed by atoms with Gasteiger partial charge in [-0.2, -0.15) is 0 Å². The van der Waals surface area contributed by atoms with E-state index in [0.29, 0.717) is 13.1 Å². The number of primary amides is 1. The maximum atomic E-state index is 11.4. The van der Waals surface area contributed by atoms with E-state index in [9.17, 15) is 15.0 Å². The number of benzene rings is 1. The van der Waals surface area contributed by atoms with E-state index >= 15 is 0 Å². The van der Waals surface area contributed by atoms with E-state index in [2.05, 4.69) is 10.6 Å². The van der Waals surface area contributed by atoms with Crippen LogP contribution in [0.5, 0.6) is 0 Å². The average molecular weight is 363 g/mol. The molecule has 9 heteroatoms. The van der Waals surface area contributed by atoms with Crippen LogP contribution in [-0.4, -0.2) is 58.3 Å². The number of nitrogens with two attached hydrogens (primary N) is 2. The van der Waals surface area contributed by atoms with Crippen molar-refractivity contribution in [1.82, 2.24) is 15.5 Å². The van der Waals surface area contributed by atoms with Crippen molar-refractivity contribution in [3.8, 4) is 0 Å². The Bertz CT molecular complexity index is 683. The Morgan fingerprint density at radius 1 is 1.31 bits per heavy atom. The average Bonchev–Trinajstić information content (AvgIpc) is 3.06. The zero-order valence-electron chi connectivity index (χ0n) is 14.5. The number of carbonyl (C=O) groups is 1. The molecule has 0 spiro atoms. The van der Waals surface area contributed by atoms with Gasteiger partial charge in [0.05, 0.1) is 0 Å². The number of nitrogens with zero attached hydrogens (tertiary/aromatic N) is 1. The smallest absolute Gasteiger partial charge is 0.268 e. The van der Waals surface area contributed by atoms with Crippen LogP contribution in [0.15, 0.2) is 41.8 Å². The molecule has 0 aromatic heterocycles. The molecule has 0 bridgehead atoms. The van der Waals surface area contributed by atoms with Crippen LogP contribution in [-0.2, 0) is 16.1 Å². The monoisotopic (exact) mass is 363 g/mol. The summed E-state index contributed by atoms with van der Waals surface area (Å²) in [6, 6.07) is 9.82. The van der Waals surface area contributed by atoms with Crippen molar-refractivity contribution in [2.45, 2.75) is 44.2 Å². The normalized spacial score (nSPS) is 31.3. The number of aliphatic hydroxyl groups is 2. The Kier molecular flexibility index (Phi) is 5.33. The molecule has 5 atom stereocenters. The van der Waals surface area contributed by atoms with E-state index < -0.39 is 36.6 Å². The summed E-state index contributed by atoms with van der Waals surface area (Å²) < 4.78 is 5.83. The minimum atomic E-state index is -1.17. The summed E-state index contributed by atoms with van der Waals surface area (Å²) in [4.78, 5) is 13.0. The summed E-state index contributed by atoms with van der Waals surface area (Å²) in [6.07, 6.45) is -4.15. The lowest BCUT2D eigenvalue weighted by molar-refractivity contribution is -0.114. The van der Waals surface area contributed by atoms with Gasteiger partial charge in [0.15, 0.2) is 6.23 Å². The Morgan fingerprint density at radius 3 is 2.62 bits per heavy atom. The quantitative estimate of drug-likeness (QED) is 0.343. The minimum Gasteiger partial charge on any atom is -0.387 e. The SMILES string of the molecule is CC1NC(C(N)=O)=C(N)N1C1OC(CNCc2ccccc2)C(O)C1O. The molecular formula is C17H25N5O4. The van der Waals surface area contributed by atoms with Gasteiger partial charge in [-0.25, -0.2) is 0 Å². The van der Waals surface area contributed by atoms with Crippen molar-refractivity contribution >= 4 is 5.91 Å². The first-order valence-corrected chi connectivity index (χ1v) is 8.50. The van der Waals surface area contributed by atoms with Crippen molar-refractivity contribution in [2.24, 2.45) is 11.5 Å². The molecule has 1 saturated heterocycles. The highest BCUT2D eigenvalue weighted by Gasteiger charge is 2.48. The van der Waals surface area contributed by atoms with Gasteiger partial charge in [0.2, 0.25) is 0 Å². The van der Waals surface area contributed by atoms with Crippen LogP contribution < -0.4 is 22.1 Å². The zero-order chi connectivity index (χ0) is 18.8. The third kappa shape index (κ3) is 3.47. The Hall–Kier alpha value is -2.33. The van der Waals surface area contributed by atoms with Crippen LogP contribution in [0.2, 0.25) is 0 Å². The predicted octanol–water partition coefficient (Wildman–Crippen LogP) is -1.91. The largest absolute Gasteiger partial charge is 0.387 e. The lowest BCUT2D eigenvalue weighted by atomic mass is 10.1. The van der Waals surface area contributed by atoms with Gasteiger partial charge in [-0.1, -0.05) is 30.3 Å².